The van der Waals surface area contributed by atoms with Crippen molar-refractivity contribution < 1.29 is 24.2 Å². The molecule has 0 amide bonds. The van der Waals surface area contributed by atoms with Crippen LogP contribution in [0.25, 0.3) is 0 Å². The first-order chi connectivity index (χ1) is 22.8. The van der Waals surface area contributed by atoms with E-state index >= 15 is 0 Å². The molecule has 0 aromatic heterocycles. The summed E-state index contributed by atoms with van der Waals surface area (Å²) in [6.07, 6.45) is 43.4. The number of carbonyl (C=O) groups is 2. The summed E-state index contributed by atoms with van der Waals surface area (Å²) in [5, 5.41) is 7.90. The molecule has 0 aliphatic rings. The van der Waals surface area contributed by atoms with E-state index in [1.807, 2.05) is 12.2 Å². The molecule has 0 radical (unpaired) electrons. The first-order valence-corrected chi connectivity index (χ1v) is 20.3. The van der Waals surface area contributed by atoms with Gasteiger partial charge in [0, 0.05) is 12.8 Å². The Morgan fingerprint density at radius 3 is 1.38 bits per heavy atom. The third kappa shape index (κ3) is 25.0. The van der Waals surface area contributed by atoms with Crippen molar-refractivity contribution in [3.8, 4) is 0 Å². The average molecular weight is 676 g/mol. The van der Waals surface area contributed by atoms with Crippen LogP contribution in [-0.2, 0) is 14.2 Å². The Hall–Kier alpha value is -1.72. The van der Waals surface area contributed by atoms with Gasteiger partial charge in [-0.05, 0) is 51.4 Å². The largest absolute Gasteiger partial charge is 0.593 e. The van der Waals surface area contributed by atoms with E-state index in [0.29, 0.717) is 19.3 Å². The van der Waals surface area contributed by atoms with Gasteiger partial charge >= 0.3 is 13.4 Å². The normalized spacial score (nSPS) is 14.5. The van der Waals surface area contributed by atoms with Crippen LogP contribution in [-0.4, -0.2) is 28.1 Å². The lowest BCUT2D eigenvalue weighted by Crippen LogP contribution is -2.56. The number of unbranched alkanes of at least 4 members (excludes halogenated alkanes) is 18. The zero-order valence-corrected chi connectivity index (χ0v) is 31.1. The number of hydrogen-bond acceptors (Lipinski definition) is 6. The van der Waals surface area contributed by atoms with Crippen molar-refractivity contribution in [3.05, 3.63) is 48.6 Å². The molecule has 3 atom stereocenters. The molecule has 0 saturated heterocycles. The van der Waals surface area contributed by atoms with Crippen LogP contribution >= 0.6 is 8.03 Å². The second-order valence-electron chi connectivity index (χ2n) is 13.0. The third-order valence-electron chi connectivity index (χ3n) is 8.73. The number of Topliss-reactive ketones (excluding diaryl/α,β-unsaturated/α-hetero) is 2. The summed E-state index contributed by atoms with van der Waals surface area (Å²) in [6, 6.07) is -1.76. The Balaban J connectivity index is 4.10. The van der Waals surface area contributed by atoms with Crippen LogP contribution in [0.4, 0.5) is 0 Å². The van der Waals surface area contributed by atoms with Gasteiger partial charge in [-0.3, -0.25) is 9.59 Å². The number of rotatable bonds is 34. The molecule has 0 aromatic rings. The summed E-state index contributed by atoms with van der Waals surface area (Å²) in [5.41, 5.74) is 5.88. The van der Waals surface area contributed by atoms with Gasteiger partial charge in [-0.15, -0.1) is 0 Å². The highest BCUT2D eigenvalue weighted by Crippen LogP contribution is 2.35. The Bertz CT molecular complexity index is 912. The molecule has 0 heterocycles. The molecule has 3 N–H and O–H groups in total. The van der Waals surface area contributed by atoms with Crippen molar-refractivity contribution in [1.82, 2.24) is 0 Å². The molecule has 0 rings (SSSR count). The molecule has 3 unspecified atom stereocenters. The van der Waals surface area contributed by atoms with Crippen LogP contribution in [0.5, 0.6) is 0 Å². The number of aliphatic hydroxyl groups is 1. The van der Waals surface area contributed by atoms with Crippen LogP contribution in [0.1, 0.15) is 181 Å². The number of hydrogen-bond donors (Lipinski definition) is 2. The van der Waals surface area contributed by atoms with Crippen molar-refractivity contribution in [2.24, 2.45) is 5.73 Å². The molecule has 0 bridgehead atoms. The van der Waals surface area contributed by atoms with E-state index in [2.05, 4.69) is 50.3 Å². The lowest BCUT2D eigenvalue weighted by atomic mass is 9.95. The van der Waals surface area contributed by atoms with E-state index in [0.717, 1.165) is 44.9 Å². The van der Waals surface area contributed by atoms with Crippen molar-refractivity contribution in [2.45, 2.75) is 192 Å². The molecule has 0 fully saturated rings. The van der Waals surface area contributed by atoms with Gasteiger partial charge in [0.25, 0.3) is 0 Å². The standard InChI is InChI=1S/C40H70NO5P/c1-3-5-7-9-11-13-15-17-19-20-22-23-25-27-29-31-33-35-37(42)39(41)40(44,47(45)46)38(43)36-34-32-30-28-26-24-21-18-16-14-12-10-8-6-4-2/h11,13,17,19,22-23,27,29,39,44H,3-10,12,14-16,18,20-21,24-26,28,30-36,41H2,1-2H3/b13-11-,19-17-,23-22-,29-27-. The molecule has 0 aliphatic heterocycles. The van der Waals surface area contributed by atoms with Gasteiger partial charge < -0.3 is 15.7 Å². The second-order valence-corrected chi connectivity index (χ2v) is 14.2. The summed E-state index contributed by atoms with van der Waals surface area (Å²) in [7, 11) is -3.61. The highest BCUT2D eigenvalue weighted by Gasteiger charge is 2.56. The van der Waals surface area contributed by atoms with E-state index in [9.17, 15) is 24.2 Å². The predicted octanol–water partition coefficient (Wildman–Crippen LogP) is 10.7. The maximum atomic E-state index is 12.7. The zero-order chi connectivity index (χ0) is 34.9. The minimum atomic E-state index is -3.61. The SMILES string of the molecule is CCCCC/C=C\C/C=C\C/C=C\C/C=C\CCCC(=O)C(N)C(O)(C(=O)CCCCCCCCCCCCCCCCC)[P+](=O)[O-]. The molecular formula is C40H70NO5P. The molecule has 0 saturated carbocycles. The summed E-state index contributed by atoms with van der Waals surface area (Å²) in [4.78, 5) is 37.3. The maximum Gasteiger partial charge on any atom is 0.355 e. The van der Waals surface area contributed by atoms with E-state index in [1.54, 1.807) is 0 Å². The lowest BCUT2D eigenvalue weighted by molar-refractivity contribution is -0.183. The molecule has 0 aliphatic carbocycles. The topological polar surface area (TPSA) is 121 Å². The summed E-state index contributed by atoms with van der Waals surface area (Å²) in [5.74, 6) is -1.48. The molecule has 47 heavy (non-hydrogen) atoms. The first kappa shape index (κ1) is 45.3. The van der Waals surface area contributed by atoms with Gasteiger partial charge in [-0.25, -0.2) is 0 Å². The quantitative estimate of drug-likeness (QED) is 0.0398. The minimum Gasteiger partial charge on any atom is -0.593 e. The van der Waals surface area contributed by atoms with Crippen molar-refractivity contribution in [1.29, 1.82) is 0 Å². The Morgan fingerprint density at radius 1 is 0.596 bits per heavy atom. The molecular weight excluding hydrogens is 605 g/mol. The Labute approximate surface area is 289 Å². The monoisotopic (exact) mass is 675 g/mol. The fourth-order valence-corrected chi connectivity index (χ4v) is 6.25. The van der Waals surface area contributed by atoms with Crippen molar-refractivity contribution in [2.75, 3.05) is 0 Å². The smallest absolute Gasteiger partial charge is 0.355 e. The van der Waals surface area contributed by atoms with Crippen LogP contribution in [0.2, 0.25) is 0 Å². The highest BCUT2D eigenvalue weighted by molar-refractivity contribution is 7.39. The zero-order valence-electron chi connectivity index (χ0n) is 30.2. The highest BCUT2D eigenvalue weighted by atomic mass is 31.1. The number of carbonyl (C=O) groups excluding carboxylic acids is 2. The Kier molecular flexibility index (Phi) is 31.6. The van der Waals surface area contributed by atoms with Gasteiger partial charge in [-0.1, -0.05) is 170 Å². The molecule has 7 heteroatoms. The van der Waals surface area contributed by atoms with Gasteiger partial charge in [0.15, 0.2) is 5.78 Å². The maximum absolute atomic E-state index is 12.7. The van der Waals surface area contributed by atoms with Crippen LogP contribution in [0.3, 0.4) is 0 Å². The van der Waals surface area contributed by atoms with Gasteiger partial charge in [0.2, 0.25) is 5.78 Å². The fourth-order valence-electron chi connectivity index (χ4n) is 5.56. The van der Waals surface area contributed by atoms with E-state index in [-0.39, 0.29) is 12.8 Å². The summed E-state index contributed by atoms with van der Waals surface area (Å²) < 4.78 is 11.9. The number of allylic oxidation sites excluding steroid dienone is 8. The van der Waals surface area contributed by atoms with Gasteiger partial charge in [0.05, 0.1) is 0 Å². The van der Waals surface area contributed by atoms with Crippen molar-refractivity contribution >= 4 is 19.6 Å². The first-order valence-electron chi connectivity index (χ1n) is 19.1. The van der Waals surface area contributed by atoms with E-state index in [1.165, 1.54) is 89.9 Å². The number of ketones is 2. The minimum absolute atomic E-state index is 0.0108. The second kappa shape index (κ2) is 32.8. The van der Waals surface area contributed by atoms with Gasteiger partial charge in [0.1, 0.15) is 6.04 Å². The lowest BCUT2D eigenvalue weighted by Gasteiger charge is -2.23. The fraction of sp³-hybridized carbons (Fsp3) is 0.750. The molecule has 0 spiro atoms. The van der Waals surface area contributed by atoms with E-state index in [4.69, 9.17) is 5.73 Å². The average Bonchev–Trinajstić information content (AvgIpc) is 3.06. The summed E-state index contributed by atoms with van der Waals surface area (Å²) in [6.45, 7) is 4.46. The molecule has 270 valence electrons. The number of nitrogens with two attached hydrogens (primary N) is 1. The van der Waals surface area contributed by atoms with Crippen LogP contribution in [0.15, 0.2) is 48.6 Å². The van der Waals surface area contributed by atoms with Gasteiger partial charge in [-0.2, -0.15) is 0 Å². The predicted molar refractivity (Wildman–Crippen MR) is 198 cm³/mol. The van der Waals surface area contributed by atoms with Crippen LogP contribution < -0.4 is 10.6 Å². The van der Waals surface area contributed by atoms with Crippen LogP contribution in [0, 0.1) is 0 Å². The van der Waals surface area contributed by atoms with E-state index < -0.39 is 31.0 Å². The summed E-state index contributed by atoms with van der Waals surface area (Å²) >= 11 is 0. The molecule has 6 nitrogen and oxygen atoms in total. The van der Waals surface area contributed by atoms with Crippen molar-refractivity contribution in [3.63, 3.8) is 0 Å². The molecule has 0 aromatic carbocycles. The third-order valence-corrected chi connectivity index (χ3v) is 9.81. The Morgan fingerprint density at radius 2 is 0.957 bits per heavy atom.